The first-order chi connectivity index (χ1) is 29.7. The summed E-state index contributed by atoms with van der Waals surface area (Å²) in [7, 11) is 8.97. The van der Waals surface area contributed by atoms with Crippen molar-refractivity contribution in [1.29, 1.82) is 0 Å². The molecule has 5 fully saturated rings. The van der Waals surface area contributed by atoms with Gasteiger partial charge in [0.2, 0.25) is 0 Å². The van der Waals surface area contributed by atoms with Crippen LogP contribution in [0.1, 0.15) is 91.0 Å². The van der Waals surface area contributed by atoms with Crippen LogP contribution in [-0.4, -0.2) is 137 Å². The zero-order valence-corrected chi connectivity index (χ0v) is 38.5. The molecule has 7 rings (SSSR count). The van der Waals surface area contributed by atoms with E-state index in [0.717, 1.165) is 24.8 Å². The number of allylic oxidation sites excluding steroid dienone is 2. The van der Waals surface area contributed by atoms with Gasteiger partial charge in [-0.05, 0) is 133 Å². The van der Waals surface area contributed by atoms with Crippen molar-refractivity contribution < 1.29 is 57.0 Å². The number of hydrogen-bond donors (Lipinski definition) is 2. The molecule has 14 heteroatoms. The van der Waals surface area contributed by atoms with E-state index in [-0.39, 0.29) is 72.5 Å². The molecule has 19 atom stereocenters. The summed E-state index contributed by atoms with van der Waals surface area (Å²) in [6.07, 6.45) is 2.64. The largest absolute Gasteiger partial charge is 0.462 e. The van der Waals surface area contributed by atoms with Gasteiger partial charge in [-0.25, -0.2) is 4.39 Å². The predicted molar refractivity (Wildman–Crippen MR) is 230 cm³/mol. The number of rotatable bonds is 11. The Bertz CT molecular complexity index is 1730. The van der Waals surface area contributed by atoms with Gasteiger partial charge in [0, 0.05) is 44.9 Å². The zero-order chi connectivity index (χ0) is 44.6. The van der Waals surface area contributed by atoms with E-state index in [0.29, 0.717) is 43.4 Å². The second-order valence-corrected chi connectivity index (χ2v) is 19.2. The quantitative estimate of drug-likeness (QED) is 0.243. The number of aliphatic hydroxyl groups is 1. The second kappa shape index (κ2) is 20.3. The summed E-state index contributed by atoms with van der Waals surface area (Å²) in [4.78, 5) is 31.4. The summed E-state index contributed by atoms with van der Waals surface area (Å²) >= 11 is 0. The molecule has 1 aromatic rings. The van der Waals surface area contributed by atoms with E-state index in [1.807, 2.05) is 27.7 Å². The zero-order valence-electron chi connectivity index (χ0n) is 38.5. The van der Waals surface area contributed by atoms with E-state index in [9.17, 15) is 14.3 Å². The van der Waals surface area contributed by atoms with Crippen molar-refractivity contribution in [3.63, 3.8) is 0 Å². The molecule has 4 unspecified atom stereocenters. The fourth-order valence-electron chi connectivity index (χ4n) is 12.1. The average Bonchev–Trinajstić information content (AvgIpc) is 3.83. The number of Topliss-reactive ketones (excluding diaryl/α,β-unsaturated/α-hetero) is 1. The molecular weight excluding hydrogens is 800 g/mol. The van der Waals surface area contributed by atoms with E-state index < -0.39 is 66.6 Å². The minimum absolute atomic E-state index is 0.0185. The number of carbonyl (C=O) groups is 2. The minimum atomic E-state index is -0.917. The van der Waals surface area contributed by atoms with Gasteiger partial charge in [-0.2, -0.15) is 0 Å². The van der Waals surface area contributed by atoms with E-state index in [2.05, 4.69) is 37.3 Å². The molecular formula is C48H73FN2O11. The molecule has 0 bridgehead atoms. The summed E-state index contributed by atoms with van der Waals surface area (Å²) in [5.74, 6) is -2.85. The van der Waals surface area contributed by atoms with E-state index in [4.69, 9.17) is 37.9 Å². The van der Waals surface area contributed by atoms with Crippen LogP contribution in [0.4, 0.5) is 10.1 Å². The molecule has 3 aliphatic carbocycles. The fourth-order valence-corrected chi connectivity index (χ4v) is 12.1. The summed E-state index contributed by atoms with van der Waals surface area (Å²) in [6, 6.07) is 4.23. The second-order valence-electron chi connectivity index (χ2n) is 19.2. The third-order valence-corrected chi connectivity index (χ3v) is 15.4. The highest BCUT2D eigenvalue weighted by atomic mass is 19.1. The van der Waals surface area contributed by atoms with Gasteiger partial charge >= 0.3 is 5.97 Å². The Morgan fingerprint density at radius 2 is 1.63 bits per heavy atom. The number of cyclic esters (lactones) is 1. The Balaban J connectivity index is 1.22. The molecule has 3 saturated heterocycles. The van der Waals surface area contributed by atoms with Crippen LogP contribution in [0.5, 0.6) is 0 Å². The predicted octanol–water partition coefficient (Wildman–Crippen LogP) is 6.22. The number of nitrogens with one attached hydrogen (secondary N) is 1. The number of nitrogens with zero attached hydrogens (tertiary/aromatic N) is 1. The number of methoxy groups -OCH3 is 3. The molecule has 2 saturated carbocycles. The Kier molecular flexibility index (Phi) is 15.6. The maximum Gasteiger partial charge on any atom is 0.306 e. The lowest BCUT2D eigenvalue weighted by Crippen LogP contribution is -2.59. The standard InChI is InChI=1S/C48H73FN2O11/c1-11-29-13-12-14-38(62-40-18-17-37(51(6)7)26(4)58-40)25(3)43(53)35-22-32-31-20-30(61-48-47(57-10)46(56-9)45(55-8)27(5)59-48)21-34(31)44(54)42(41(32)33(35)23-39(52)60-29)50-36-19-28(49)16-15-24(36)2/h15-16,19,22,25-27,29-34,37-38,40-42,44-48,50,54H,11-14,17-18,20-21,23H2,1-10H3/t25-,26?,27?,29+,30+,31+,32+,33-,34-,37+,38+,40+,41-,42-,44-,45+,46?,47?,48+/m1/s1. The van der Waals surface area contributed by atoms with Gasteiger partial charge in [0.15, 0.2) is 18.4 Å². The molecule has 0 amide bonds. The number of aliphatic hydroxyl groups excluding tert-OH is 1. The SMILES string of the molecule is CC[C@H]1CCC[C@H](O[C@H]2CC[C@H](N(C)C)C(C)O2)[C@@H](C)C(=O)C2=C[C@H]3[C@@H]4C[C@H](O[C@@H]5OC(C)[C@H](OC)C(OC)C5OC)C[C@H]4[C@@H](O)[C@H](Nc4cc(F)ccc4C)[C@H]3[C@@H]2CC(=O)O1. The fraction of sp³-hybridized carbons (Fsp3) is 0.792. The summed E-state index contributed by atoms with van der Waals surface area (Å²) < 4.78 is 64.9. The van der Waals surface area contributed by atoms with Gasteiger partial charge in [0.1, 0.15) is 30.2 Å². The summed E-state index contributed by atoms with van der Waals surface area (Å²) in [5.41, 5.74) is 1.95. The van der Waals surface area contributed by atoms with Gasteiger partial charge in [0.25, 0.3) is 0 Å². The Morgan fingerprint density at radius 1 is 0.903 bits per heavy atom. The Labute approximate surface area is 368 Å². The molecule has 6 aliphatic rings. The molecule has 1 aromatic carbocycles. The van der Waals surface area contributed by atoms with Crippen LogP contribution in [0.15, 0.2) is 29.8 Å². The molecule has 0 radical (unpaired) electrons. The van der Waals surface area contributed by atoms with Crippen LogP contribution in [-0.2, 0) is 47.5 Å². The number of benzene rings is 1. The maximum atomic E-state index is 15.2. The number of fused-ring (bicyclic) bond motifs is 5. The lowest BCUT2D eigenvalue weighted by Gasteiger charge is -2.48. The Morgan fingerprint density at radius 3 is 2.31 bits per heavy atom. The summed E-state index contributed by atoms with van der Waals surface area (Å²) in [5, 5.41) is 16.2. The maximum absolute atomic E-state index is 15.2. The first-order valence-corrected chi connectivity index (χ1v) is 23.2. The lowest BCUT2D eigenvalue weighted by atomic mass is 9.62. The van der Waals surface area contributed by atoms with Gasteiger partial charge in [-0.15, -0.1) is 0 Å². The number of carbonyl (C=O) groups excluding carboxylic acids is 2. The number of ether oxygens (including phenoxy) is 8. The molecule has 3 heterocycles. The molecule has 0 aromatic heterocycles. The molecule has 3 aliphatic heterocycles. The highest BCUT2D eigenvalue weighted by Crippen LogP contribution is 2.57. The lowest BCUT2D eigenvalue weighted by molar-refractivity contribution is -0.314. The van der Waals surface area contributed by atoms with Crippen molar-refractivity contribution in [1.82, 2.24) is 4.90 Å². The van der Waals surface area contributed by atoms with Crippen LogP contribution in [0, 0.1) is 48.2 Å². The van der Waals surface area contributed by atoms with E-state index in [1.54, 1.807) is 27.4 Å². The van der Waals surface area contributed by atoms with Crippen LogP contribution in [0.25, 0.3) is 0 Å². The number of halogens is 1. The molecule has 2 N–H and O–H groups in total. The normalized spacial score (nSPS) is 42.9. The average molecular weight is 873 g/mol. The third kappa shape index (κ3) is 9.70. The first-order valence-electron chi connectivity index (χ1n) is 23.2. The van der Waals surface area contributed by atoms with Crippen molar-refractivity contribution in [2.75, 3.05) is 40.7 Å². The van der Waals surface area contributed by atoms with Crippen molar-refractivity contribution in [2.45, 2.75) is 172 Å². The monoisotopic (exact) mass is 873 g/mol. The number of esters is 1. The summed E-state index contributed by atoms with van der Waals surface area (Å²) in [6.45, 7) is 9.87. The molecule has 348 valence electrons. The highest BCUT2D eigenvalue weighted by Gasteiger charge is 2.60. The number of anilines is 1. The van der Waals surface area contributed by atoms with Gasteiger partial charge in [0.05, 0.1) is 43.0 Å². The molecule has 0 spiro atoms. The third-order valence-electron chi connectivity index (χ3n) is 15.4. The molecule has 13 nitrogen and oxygen atoms in total. The van der Waals surface area contributed by atoms with Crippen molar-refractivity contribution in [3.05, 3.63) is 41.2 Å². The van der Waals surface area contributed by atoms with Gasteiger partial charge in [-0.1, -0.05) is 26.0 Å². The van der Waals surface area contributed by atoms with E-state index in [1.165, 1.54) is 12.1 Å². The van der Waals surface area contributed by atoms with Crippen molar-refractivity contribution in [3.8, 4) is 0 Å². The van der Waals surface area contributed by atoms with Crippen LogP contribution in [0.2, 0.25) is 0 Å². The number of hydrogen-bond acceptors (Lipinski definition) is 13. The van der Waals surface area contributed by atoms with Crippen LogP contribution in [0.3, 0.4) is 0 Å². The van der Waals surface area contributed by atoms with Crippen molar-refractivity contribution >= 4 is 17.4 Å². The first kappa shape index (κ1) is 47.4. The van der Waals surface area contributed by atoms with Crippen LogP contribution < -0.4 is 5.32 Å². The van der Waals surface area contributed by atoms with E-state index >= 15 is 4.79 Å². The minimum Gasteiger partial charge on any atom is -0.462 e. The number of aryl methyl sites for hydroxylation is 1. The Hall–Kier alpha value is -2.53. The smallest absolute Gasteiger partial charge is 0.306 e. The number of ketones is 1. The van der Waals surface area contributed by atoms with Crippen molar-refractivity contribution in [2.24, 2.45) is 35.5 Å². The van der Waals surface area contributed by atoms with Gasteiger partial charge < -0.3 is 53.2 Å². The van der Waals surface area contributed by atoms with Gasteiger partial charge in [-0.3, -0.25) is 9.59 Å². The van der Waals surface area contributed by atoms with Crippen LogP contribution >= 0.6 is 0 Å². The highest BCUT2D eigenvalue weighted by molar-refractivity contribution is 5.99. The topological polar surface area (TPSA) is 143 Å². The number of likely N-dealkylation sites (N-methyl/N-ethyl adjacent to an activating group) is 1. The molecule has 62 heavy (non-hydrogen) atoms.